The van der Waals surface area contributed by atoms with E-state index >= 15 is 0 Å². The van der Waals surface area contributed by atoms with E-state index in [1.807, 2.05) is 6.92 Å². The molecule has 108 valence electrons. The van der Waals surface area contributed by atoms with Crippen molar-refractivity contribution < 1.29 is 17.9 Å². The van der Waals surface area contributed by atoms with Gasteiger partial charge in [-0.1, -0.05) is 13.0 Å². The van der Waals surface area contributed by atoms with Crippen LogP contribution in [-0.4, -0.2) is 35.4 Å². The van der Waals surface area contributed by atoms with Crippen molar-refractivity contribution in [1.29, 1.82) is 0 Å². The number of sulfone groups is 1. The Morgan fingerprint density at radius 3 is 2.21 bits per heavy atom. The molecule has 0 radical (unpaired) electrons. The van der Waals surface area contributed by atoms with Crippen molar-refractivity contribution in [3.63, 3.8) is 0 Å². The Morgan fingerprint density at radius 2 is 1.79 bits per heavy atom. The van der Waals surface area contributed by atoms with Crippen LogP contribution >= 0.6 is 0 Å². The van der Waals surface area contributed by atoms with Gasteiger partial charge in [-0.3, -0.25) is 0 Å². The van der Waals surface area contributed by atoms with Crippen LogP contribution in [0.4, 0.5) is 0 Å². The number of ether oxygens (including phenoxy) is 2. The number of rotatable bonds is 6. The first-order valence-electron chi connectivity index (χ1n) is 6.01. The second kappa shape index (κ2) is 6.25. The normalized spacial score (nSPS) is 13.1. The summed E-state index contributed by atoms with van der Waals surface area (Å²) >= 11 is 0. The average molecular weight is 287 g/mol. The Bertz CT molecular complexity index is 540. The van der Waals surface area contributed by atoms with E-state index in [0.29, 0.717) is 12.3 Å². The van der Waals surface area contributed by atoms with Crippen molar-refractivity contribution in [2.24, 2.45) is 5.73 Å². The molecular weight excluding hydrogens is 266 g/mol. The molecule has 2 N–H and O–H groups in total. The first-order valence-corrected chi connectivity index (χ1v) is 7.91. The van der Waals surface area contributed by atoms with Gasteiger partial charge in [-0.2, -0.15) is 0 Å². The minimum absolute atomic E-state index is 0.135. The second-order valence-electron chi connectivity index (χ2n) is 4.47. The summed E-state index contributed by atoms with van der Waals surface area (Å²) in [6.07, 6.45) is 1.94. The van der Waals surface area contributed by atoms with Crippen LogP contribution in [0.15, 0.2) is 17.0 Å². The van der Waals surface area contributed by atoms with Gasteiger partial charge in [-0.15, -0.1) is 0 Å². The van der Waals surface area contributed by atoms with Crippen LogP contribution in [0.3, 0.4) is 0 Å². The van der Waals surface area contributed by atoms with Crippen LogP contribution in [0.2, 0.25) is 0 Å². The fraction of sp³-hybridized carbons (Fsp3) is 0.538. The fourth-order valence-electron chi connectivity index (χ4n) is 2.05. The number of methoxy groups -OCH3 is 2. The SMILES string of the molecule is COc1c(C(C)CCN)ccc(S(C)(=O)=O)c1OC. The monoisotopic (exact) mass is 287 g/mol. The molecule has 0 saturated carbocycles. The smallest absolute Gasteiger partial charge is 0.179 e. The van der Waals surface area contributed by atoms with Crippen molar-refractivity contribution >= 4 is 9.84 Å². The summed E-state index contributed by atoms with van der Waals surface area (Å²) in [6.45, 7) is 2.57. The lowest BCUT2D eigenvalue weighted by atomic mass is 9.96. The second-order valence-corrected chi connectivity index (χ2v) is 6.45. The minimum atomic E-state index is -3.36. The highest BCUT2D eigenvalue weighted by atomic mass is 32.2. The number of benzene rings is 1. The van der Waals surface area contributed by atoms with E-state index in [0.717, 1.165) is 18.2 Å². The average Bonchev–Trinajstić information content (AvgIpc) is 2.35. The molecule has 0 aliphatic rings. The van der Waals surface area contributed by atoms with Crippen molar-refractivity contribution in [2.45, 2.75) is 24.2 Å². The van der Waals surface area contributed by atoms with Crippen molar-refractivity contribution in [1.82, 2.24) is 0 Å². The predicted molar refractivity (Wildman–Crippen MR) is 74.7 cm³/mol. The van der Waals surface area contributed by atoms with Crippen LogP contribution < -0.4 is 15.2 Å². The summed E-state index contributed by atoms with van der Waals surface area (Å²) in [7, 11) is -0.426. The van der Waals surface area contributed by atoms with E-state index in [1.54, 1.807) is 12.1 Å². The molecular formula is C13H21NO4S. The van der Waals surface area contributed by atoms with Crippen LogP contribution in [0, 0.1) is 0 Å². The largest absolute Gasteiger partial charge is 0.493 e. The summed E-state index contributed by atoms with van der Waals surface area (Å²) < 4.78 is 34.0. The molecule has 1 unspecified atom stereocenters. The zero-order valence-corrected chi connectivity index (χ0v) is 12.6. The molecule has 0 aromatic heterocycles. The molecule has 0 bridgehead atoms. The van der Waals surface area contributed by atoms with Gasteiger partial charge in [-0.05, 0) is 24.9 Å². The first kappa shape index (κ1) is 15.8. The van der Waals surface area contributed by atoms with E-state index < -0.39 is 9.84 Å². The zero-order chi connectivity index (χ0) is 14.6. The van der Waals surface area contributed by atoms with E-state index in [-0.39, 0.29) is 16.6 Å². The fourth-order valence-corrected chi connectivity index (χ4v) is 2.88. The van der Waals surface area contributed by atoms with Crippen molar-refractivity contribution in [3.8, 4) is 11.5 Å². The van der Waals surface area contributed by atoms with Gasteiger partial charge < -0.3 is 15.2 Å². The lowest BCUT2D eigenvalue weighted by molar-refractivity contribution is 0.341. The van der Waals surface area contributed by atoms with Crippen LogP contribution in [0.5, 0.6) is 11.5 Å². The minimum Gasteiger partial charge on any atom is -0.493 e. The van der Waals surface area contributed by atoms with Gasteiger partial charge in [0.25, 0.3) is 0 Å². The topological polar surface area (TPSA) is 78.6 Å². The summed E-state index contributed by atoms with van der Waals surface area (Å²) in [5.74, 6) is 0.889. The van der Waals surface area contributed by atoms with Crippen LogP contribution in [0.1, 0.15) is 24.8 Å². The number of nitrogens with two attached hydrogens (primary N) is 1. The third-order valence-electron chi connectivity index (χ3n) is 3.04. The molecule has 1 rings (SSSR count). The maximum atomic E-state index is 11.7. The summed E-state index contributed by atoms with van der Waals surface area (Å²) in [6, 6.07) is 3.32. The van der Waals surface area contributed by atoms with Gasteiger partial charge in [0.2, 0.25) is 0 Å². The van der Waals surface area contributed by atoms with Crippen LogP contribution in [-0.2, 0) is 9.84 Å². The third kappa shape index (κ3) is 3.39. The zero-order valence-electron chi connectivity index (χ0n) is 11.8. The van der Waals surface area contributed by atoms with Gasteiger partial charge in [0.15, 0.2) is 21.3 Å². The molecule has 19 heavy (non-hydrogen) atoms. The summed E-state index contributed by atoms with van der Waals surface area (Å²) in [5, 5.41) is 0. The highest BCUT2D eigenvalue weighted by Crippen LogP contribution is 2.41. The van der Waals surface area contributed by atoms with Crippen molar-refractivity contribution in [2.75, 3.05) is 27.0 Å². The molecule has 0 spiro atoms. The summed E-state index contributed by atoms with van der Waals surface area (Å²) in [5.41, 5.74) is 6.46. The first-order chi connectivity index (χ1) is 8.86. The van der Waals surface area contributed by atoms with Gasteiger partial charge >= 0.3 is 0 Å². The Labute approximate surface area is 114 Å². The Hall–Kier alpha value is -1.27. The molecule has 1 atom stereocenters. The third-order valence-corrected chi connectivity index (χ3v) is 4.17. The molecule has 0 aliphatic carbocycles. The quantitative estimate of drug-likeness (QED) is 0.859. The predicted octanol–water partition coefficient (Wildman–Crippen LogP) is 1.56. The van der Waals surface area contributed by atoms with E-state index in [1.165, 1.54) is 14.2 Å². The van der Waals surface area contributed by atoms with Gasteiger partial charge in [0.1, 0.15) is 4.90 Å². The van der Waals surface area contributed by atoms with E-state index in [9.17, 15) is 8.42 Å². The van der Waals surface area contributed by atoms with Gasteiger partial charge in [-0.25, -0.2) is 8.42 Å². The van der Waals surface area contributed by atoms with E-state index in [4.69, 9.17) is 15.2 Å². The standard InChI is InChI=1S/C13H21NO4S/c1-9(7-8-14)10-5-6-11(19(4,15)16)13(18-3)12(10)17-2/h5-6,9H,7-8,14H2,1-4H3. The molecule has 5 nitrogen and oxygen atoms in total. The highest BCUT2D eigenvalue weighted by molar-refractivity contribution is 7.90. The Morgan fingerprint density at radius 1 is 1.21 bits per heavy atom. The number of hydrogen-bond donors (Lipinski definition) is 1. The molecule has 6 heteroatoms. The van der Waals surface area contributed by atoms with Crippen LogP contribution in [0.25, 0.3) is 0 Å². The Balaban J connectivity index is 3.47. The van der Waals surface area contributed by atoms with Gasteiger partial charge in [0, 0.05) is 11.8 Å². The lowest BCUT2D eigenvalue weighted by Gasteiger charge is -2.19. The molecule has 1 aromatic rings. The Kier molecular flexibility index (Phi) is 5.20. The lowest BCUT2D eigenvalue weighted by Crippen LogP contribution is -2.09. The molecule has 0 aliphatic heterocycles. The molecule has 0 amide bonds. The van der Waals surface area contributed by atoms with E-state index in [2.05, 4.69) is 0 Å². The molecule has 0 heterocycles. The maximum absolute atomic E-state index is 11.7. The molecule has 0 fully saturated rings. The maximum Gasteiger partial charge on any atom is 0.179 e. The number of hydrogen-bond acceptors (Lipinski definition) is 5. The molecule has 1 aromatic carbocycles. The highest BCUT2D eigenvalue weighted by Gasteiger charge is 2.23. The summed E-state index contributed by atoms with van der Waals surface area (Å²) in [4.78, 5) is 0.135. The van der Waals surface area contributed by atoms with Gasteiger partial charge in [0.05, 0.1) is 14.2 Å². The van der Waals surface area contributed by atoms with Crippen molar-refractivity contribution in [3.05, 3.63) is 17.7 Å². The molecule has 0 saturated heterocycles.